The lowest BCUT2D eigenvalue weighted by atomic mass is 9.89. The van der Waals surface area contributed by atoms with Crippen LogP contribution in [-0.2, 0) is 16.8 Å². The molecule has 4 aliphatic rings. The van der Waals surface area contributed by atoms with Crippen LogP contribution in [0.25, 0.3) is 0 Å². The monoisotopic (exact) mass is 378 g/mol. The van der Waals surface area contributed by atoms with Crippen molar-refractivity contribution >= 4 is 5.91 Å². The number of piperidine rings is 1. The van der Waals surface area contributed by atoms with Gasteiger partial charge < -0.3 is 4.90 Å². The average molecular weight is 378 g/mol. The molecule has 1 saturated carbocycles. The molecule has 3 heterocycles. The predicted molar refractivity (Wildman–Crippen MR) is 107 cm³/mol. The fourth-order valence-electron chi connectivity index (χ4n) is 5.19. The number of rotatable bonds is 4. The molecular weight excluding hydrogens is 351 g/mol. The number of hydrogen-bond donors (Lipinski definition) is 0. The van der Waals surface area contributed by atoms with Crippen molar-refractivity contribution in [3.63, 3.8) is 0 Å². The van der Waals surface area contributed by atoms with E-state index in [1.54, 1.807) is 0 Å². The van der Waals surface area contributed by atoms with Gasteiger partial charge in [-0.2, -0.15) is 0 Å². The van der Waals surface area contributed by atoms with Crippen LogP contribution in [0.2, 0.25) is 0 Å². The number of benzene rings is 2. The van der Waals surface area contributed by atoms with Gasteiger partial charge in [0.05, 0.1) is 5.41 Å². The van der Waals surface area contributed by atoms with Gasteiger partial charge in [-0.25, -0.2) is 4.39 Å². The van der Waals surface area contributed by atoms with E-state index in [4.69, 9.17) is 0 Å². The smallest absolute Gasteiger partial charge is 0.233 e. The third kappa shape index (κ3) is 3.24. The minimum Gasteiger partial charge on any atom is -0.337 e. The maximum Gasteiger partial charge on any atom is 0.233 e. The molecule has 28 heavy (non-hydrogen) atoms. The number of halogens is 1. The molecule has 4 heteroatoms. The summed E-state index contributed by atoms with van der Waals surface area (Å²) in [4.78, 5) is 18.3. The molecule has 2 aromatic rings. The van der Waals surface area contributed by atoms with E-state index < -0.39 is 0 Å². The van der Waals surface area contributed by atoms with E-state index in [0.717, 1.165) is 51.0 Å². The molecule has 4 fully saturated rings. The Morgan fingerprint density at radius 1 is 0.964 bits per heavy atom. The quantitative estimate of drug-likeness (QED) is 0.803. The van der Waals surface area contributed by atoms with Gasteiger partial charge in [-0.1, -0.05) is 42.5 Å². The zero-order valence-corrected chi connectivity index (χ0v) is 16.2. The molecule has 0 unspecified atom stereocenters. The average Bonchev–Trinajstić information content (AvgIpc) is 3.55. The molecule has 146 valence electrons. The second-order valence-electron chi connectivity index (χ2n) is 8.82. The van der Waals surface area contributed by atoms with Crippen LogP contribution < -0.4 is 0 Å². The Hall–Kier alpha value is -2.20. The fourth-order valence-corrected chi connectivity index (χ4v) is 5.19. The molecule has 0 radical (unpaired) electrons. The van der Waals surface area contributed by atoms with E-state index in [0.29, 0.717) is 17.9 Å². The maximum absolute atomic E-state index is 13.6. The summed E-state index contributed by atoms with van der Waals surface area (Å²) in [5, 5.41) is 0. The summed E-state index contributed by atoms with van der Waals surface area (Å²) in [7, 11) is 0. The molecule has 2 aromatic carbocycles. The standard InChI is InChI=1S/C24H27FN2O/c25-21-9-6-18(7-10-21)14-26-15-19-8-11-22(17-26)27(16-19)23(28)24(12-13-24)20-4-2-1-3-5-20/h1-7,9-10,19,22H,8,11-17H2/t19-,22+/m0/s1. The molecule has 0 aromatic heterocycles. The van der Waals surface area contributed by atoms with Gasteiger partial charge >= 0.3 is 0 Å². The largest absolute Gasteiger partial charge is 0.337 e. The first-order valence-electron chi connectivity index (χ1n) is 10.5. The summed E-state index contributed by atoms with van der Waals surface area (Å²) in [5.41, 5.74) is 2.06. The zero-order valence-electron chi connectivity index (χ0n) is 16.2. The summed E-state index contributed by atoms with van der Waals surface area (Å²) in [6.45, 7) is 3.66. The SMILES string of the molecule is O=C(N1C[C@H]2CC[C@@H]1CN(Cc1ccc(F)cc1)C2)C1(c2ccccc2)CC1. The highest BCUT2D eigenvalue weighted by Crippen LogP contribution is 2.50. The van der Waals surface area contributed by atoms with Gasteiger partial charge in [-0.05, 0) is 54.9 Å². The Morgan fingerprint density at radius 2 is 1.71 bits per heavy atom. The first-order valence-corrected chi connectivity index (χ1v) is 10.5. The molecule has 0 spiro atoms. The van der Waals surface area contributed by atoms with E-state index in [1.165, 1.54) is 24.1 Å². The summed E-state index contributed by atoms with van der Waals surface area (Å²) >= 11 is 0. The van der Waals surface area contributed by atoms with Crippen molar-refractivity contribution in [1.29, 1.82) is 0 Å². The minimum absolute atomic E-state index is 0.188. The first kappa shape index (κ1) is 17.9. The number of hydrogen-bond acceptors (Lipinski definition) is 2. The minimum atomic E-state index is -0.270. The predicted octanol–water partition coefficient (Wildman–Crippen LogP) is 3.98. The summed E-state index contributed by atoms with van der Waals surface area (Å²) < 4.78 is 13.2. The van der Waals surface area contributed by atoms with Crippen molar-refractivity contribution in [2.75, 3.05) is 19.6 Å². The van der Waals surface area contributed by atoms with E-state index in [1.807, 2.05) is 30.3 Å². The molecule has 3 aliphatic heterocycles. The van der Waals surface area contributed by atoms with Crippen LogP contribution in [0.15, 0.2) is 54.6 Å². The highest BCUT2D eigenvalue weighted by atomic mass is 19.1. The first-order chi connectivity index (χ1) is 13.6. The van der Waals surface area contributed by atoms with Crippen molar-refractivity contribution in [1.82, 2.24) is 9.80 Å². The van der Waals surface area contributed by atoms with Crippen molar-refractivity contribution in [3.8, 4) is 0 Å². The highest BCUT2D eigenvalue weighted by molar-refractivity contribution is 5.91. The topological polar surface area (TPSA) is 23.6 Å². The van der Waals surface area contributed by atoms with Crippen molar-refractivity contribution in [2.45, 2.75) is 43.7 Å². The molecule has 2 bridgehead atoms. The number of amides is 1. The molecule has 3 saturated heterocycles. The van der Waals surface area contributed by atoms with Gasteiger partial charge in [-0.15, -0.1) is 0 Å². The molecule has 0 N–H and O–H groups in total. The number of carbonyl (C=O) groups excluding carboxylic acids is 1. The van der Waals surface area contributed by atoms with Crippen LogP contribution in [0, 0.1) is 11.7 Å². The Kier molecular flexibility index (Phi) is 4.47. The Bertz CT molecular complexity index is 847. The third-order valence-corrected chi connectivity index (χ3v) is 6.86. The number of carbonyl (C=O) groups is 1. The lowest BCUT2D eigenvalue weighted by Crippen LogP contribution is -2.51. The Labute approximate surface area is 166 Å². The van der Waals surface area contributed by atoms with Crippen molar-refractivity contribution in [3.05, 3.63) is 71.5 Å². The summed E-state index contributed by atoms with van der Waals surface area (Å²) in [6.07, 6.45) is 4.25. The maximum atomic E-state index is 13.6. The van der Waals surface area contributed by atoms with Gasteiger partial charge in [0.1, 0.15) is 5.82 Å². The van der Waals surface area contributed by atoms with E-state index in [9.17, 15) is 9.18 Å². The van der Waals surface area contributed by atoms with Crippen molar-refractivity contribution in [2.24, 2.45) is 5.92 Å². The summed E-state index contributed by atoms with van der Waals surface area (Å²) in [5.74, 6) is 0.693. The third-order valence-electron chi connectivity index (χ3n) is 6.86. The lowest BCUT2D eigenvalue weighted by molar-refractivity contribution is -0.138. The van der Waals surface area contributed by atoms with Gasteiger partial charge in [0, 0.05) is 32.2 Å². The van der Waals surface area contributed by atoms with Gasteiger partial charge in [0.2, 0.25) is 5.91 Å². The number of fused-ring (bicyclic) bond motifs is 4. The van der Waals surface area contributed by atoms with Crippen LogP contribution in [0.1, 0.15) is 36.8 Å². The van der Waals surface area contributed by atoms with Crippen LogP contribution in [0.4, 0.5) is 4.39 Å². The molecule has 1 aliphatic carbocycles. The number of nitrogens with zero attached hydrogens (tertiary/aromatic N) is 2. The van der Waals surface area contributed by atoms with Crippen molar-refractivity contribution < 1.29 is 9.18 Å². The molecule has 1 amide bonds. The molecule has 2 atom stereocenters. The zero-order chi connectivity index (χ0) is 19.1. The van der Waals surface area contributed by atoms with Crippen LogP contribution in [0.5, 0.6) is 0 Å². The van der Waals surface area contributed by atoms with Crippen LogP contribution >= 0.6 is 0 Å². The fraction of sp³-hybridized carbons (Fsp3) is 0.458. The Balaban J connectivity index is 1.33. The van der Waals surface area contributed by atoms with Crippen LogP contribution in [0.3, 0.4) is 0 Å². The van der Waals surface area contributed by atoms with Gasteiger partial charge in [0.15, 0.2) is 0 Å². The molecule has 6 rings (SSSR count). The van der Waals surface area contributed by atoms with E-state index >= 15 is 0 Å². The molecular formula is C24H27FN2O. The van der Waals surface area contributed by atoms with Crippen LogP contribution in [-0.4, -0.2) is 41.4 Å². The lowest BCUT2D eigenvalue weighted by Gasteiger charge is -2.38. The molecule has 3 nitrogen and oxygen atoms in total. The second kappa shape index (κ2) is 7.00. The normalized spacial score (nSPS) is 26.1. The summed E-state index contributed by atoms with van der Waals surface area (Å²) in [6, 6.07) is 17.5. The van der Waals surface area contributed by atoms with Gasteiger partial charge in [-0.3, -0.25) is 9.69 Å². The van der Waals surface area contributed by atoms with E-state index in [2.05, 4.69) is 21.9 Å². The highest BCUT2D eigenvalue weighted by Gasteiger charge is 2.54. The second-order valence-corrected chi connectivity index (χ2v) is 8.82. The Morgan fingerprint density at radius 3 is 2.43 bits per heavy atom. The van der Waals surface area contributed by atoms with Gasteiger partial charge in [0.25, 0.3) is 0 Å². The van der Waals surface area contributed by atoms with E-state index in [-0.39, 0.29) is 11.2 Å².